The first-order valence-corrected chi connectivity index (χ1v) is 8.81. The van der Waals surface area contributed by atoms with Crippen LogP contribution in [0.15, 0.2) is 53.0 Å². The fourth-order valence-corrected chi connectivity index (χ4v) is 3.24. The van der Waals surface area contributed by atoms with E-state index in [1.54, 1.807) is 12.1 Å². The molecule has 1 heterocycles. The lowest BCUT2D eigenvalue weighted by Crippen LogP contribution is -2.28. The Morgan fingerprint density at radius 3 is 2.42 bits per heavy atom. The van der Waals surface area contributed by atoms with Crippen molar-refractivity contribution in [2.24, 2.45) is 0 Å². The van der Waals surface area contributed by atoms with Crippen LogP contribution in [0.1, 0.15) is 34.3 Å². The van der Waals surface area contributed by atoms with Crippen LogP contribution >= 0.6 is 15.9 Å². The van der Waals surface area contributed by atoms with E-state index in [9.17, 15) is 9.59 Å². The number of nitrogens with one attached hydrogen (secondary N) is 1. The third kappa shape index (κ3) is 4.03. The van der Waals surface area contributed by atoms with Gasteiger partial charge in [-0.15, -0.1) is 0 Å². The maximum absolute atomic E-state index is 12.3. The topological polar surface area (TPSA) is 49.4 Å². The molecule has 1 aliphatic heterocycles. The van der Waals surface area contributed by atoms with Crippen molar-refractivity contribution in [2.75, 3.05) is 6.54 Å². The SMILES string of the molecule is O=C(NCCCC(=O)N1Cc2ccccc2C1)c1cccc(Br)c1. The van der Waals surface area contributed by atoms with Crippen molar-refractivity contribution in [3.8, 4) is 0 Å². The van der Waals surface area contributed by atoms with Crippen LogP contribution in [0, 0.1) is 0 Å². The number of rotatable bonds is 5. The second-order valence-electron chi connectivity index (χ2n) is 5.89. The Balaban J connectivity index is 1.41. The largest absolute Gasteiger partial charge is 0.352 e. The molecule has 0 saturated heterocycles. The van der Waals surface area contributed by atoms with Crippen LogP contribution in [0.25, 0.3) is 0 Å². The predicted molar refractivity (Wildman–Crippen MR) is 96.4 cm³/mol. The summed E-state index contributed by atoms with van der Waals surface area (Å²) in [5, 5.41) is 2.86. The van der Waals surface area contributed by atoms with Gasteiger partial charge in [-0.1, -0.05) is 46.3 Å². The van der Waals surface area contributed by atoms with Crippen molar-refractivity contribution in [2.45, 2.75) is 25.9 Å². The third-order valence-corrected chi connectivity index (χ3v) is 4.63. The third-order valence-electron chi connectivity index (χ3n) is 4.13. The molecule has 5 heteroatoms. The number of halogens is 1. The summed E-state index contributed by atoms with van der Waals surface area (Å²) < 4.78 is 0.874. The molecule has 2 aromatic carbocycles. The summed E-state index contributed by atoms with van der Waals surface area (Å²) in [6, 6.07) is 15.4. The Labute approximate surface area is 150 Å². The van der Waals surface area contributed by atoms with Gasteiger partial charge >= 0.3 is 0 Å². The van der Waals surface area contributed by atoms with E-state index in [0.29, 0.717) is 38.0 Å². The van der Waals surface area contributed by atoms with Crippen LogP contribution in [-0.2, 0) is 17.9 Å². The quantitative estimate of drug-likeness (QED) is 0.799. The summed E-state index contributed by atoms with van der Waals surface area (Å²) in [4.78, 5) is 26.2. The van der Waals surface area contributed by atoms with E-state index in [1.807, 2.05) is 29.2 Å². The number of fused-ring (bicyclic) bond motifs is 1. The highest BCUT2D eigenvalue weighted by Crippen LogP contribution is 2.22. The molecule has 2 amide bonds. The number of hydrogen-bond acceptors (Lipinski definition) is 2. The minimum Gasteiger partial charge on any atom is -0.352 e. The highest BCUT2D eigenvalue weighted by Gasteiger charge is 2.22. The Morgan fingerprint density at radius 2 is 1.75 bits per heavy atom. The number of amides is 2. The number of benzene rings is 2. The molecule has 0 atom stereocenters. The van der Waals surface area contributed by atoms with E-state index in [2.05, 4.69) is 33.4 Å². The summed E-state index contributed by atoms with van der Waals surface area (Å²) in [5.74, 6) is 0.0280. The van der Waals surface area contributed by atoms with Gasteiger partial charge in [0.2, 0.25) is 5.91 Å². The fraction of sp³-hybridized carbons (Fsp3) is 0.263. The van der Waals surface area contributed by atoms with E-state index in [1.165, 1.54) is 11.1 Å². The van der Waals surface area contributed by atoms with Gasteiger partial charge in [0.25, 0.3) is 5.91 Å². The zero-order valence-electron chi connectivity index (χ0n) is 13.3. The average molecular weight is 387 g/mol. The molecule has 0 spiro atoms. The molecule has 0 aromatic heterocycles. The Bertz CT molecular complexity index is 736. The van der Waals surface area contributed by atoms with Crippen molar-refractivity contribution < 1.29 is 9.59 Å². The van der Waals surface area contributed by atoms with Crippen molar-refractivity contribution in [1.29, 1.82) is 0 Å². The fourth-order valence-electron chi connectivity index (χ4n) is 2.84. The highest BCUT2D eigenvalue weighted by molar-refractivity contribution is 9.10. The molecule has 24 heavy (non-hydrogen) atoms. The van der Waals surface area contributed by atoms with Crippen LogP contribution in [-0.4, -0.2) is 23.3 Å². The van der Waals surface area contributed by atoms with Crippen LogP contribution in [0.3, 0.4) is 0 Å². The monoisotopic (exact) mass is 386 g/mol. The average Bonchev–Trinajstić information content (AvgIpc) is 3.02. The maximum Gasteiger partial charge on any atom is 0.251 e. The molecule has 0 fully saturated rings. The second kappa shape index (κ2) is 7.62. The summed E-state index contributed by atoms with van der Waals surface area (Å²) in [5.41, 5.74) is 3.08. The van der Waals surface area contributed by atoms with Crippen molar-refractivity contribution >= 4 is 27.7 Å². The smallest absolute Gasteiger partial charge is 0.251 e. The predicted octanol–water partition coefficient (Wildman–Crippen LogP) is 3.50. The number of carbonyl (C=O) groups is 2. The minimum atomic E-state index is -0.114. The van der Waals surface area contributed by atoms with Gasteiger partial charge in [-0.3, -0.25) is 9.59 Å². The van der Waals surface area contributed by atoms with Crippen LogP contribution in [0.5, 0.6) is 0 Å². The maximum atomic E-state index is 12.3. The van der Waals surface area contributed by atoms with Crippen molar-refractivity contribution in [3.63, 3.8) is 0 Å². The van der Waals surface area contributed by atoms with Crippen LogP contribution < -0.4 is 5.32 Å². The highest BCUT2D eigenvalue weighted by atomic mass is 79.9. The molecule has 3 rings (SSSR count). The van der Waals surface area contributed by atoms with E-state index in [0.717, 1.165) is 4.47 Å². The van der Waals surface area contributed by atoms with Gasteiger partial charge in [-0.05, 0) is 35.7 Å². The Kier molecular flexibility index (Phi) is 5.30. The van der Waals surface area contributed by atoms with Gasteiger partial charge in [0.1, 0.15) is 0 Å². The van der Waals surface area contributed by atoms with E-state index < -0.39 is 0 Å². The molecule has 0 bridgehead atoms. The molecular formula is C19H19BrN2O2. The Morgan fingerprint density at radius 1 is 1.04 bits per heavy atom. The number of nitrogens with zero attached hydrogens (tertiary/aromatic N) is 1. The molecule has 0 radical (unpaired) electrons. The van der Waals surface area contributed by atoms with Gasteiger partial charge in [0, 0.05) is 36.1 Å². The molecule has 1 N–H and O–H groups in total. The van der Waals surface area contributed by atoms with Crippen LogP contribution in [0.4, 0.5) is 0 Å². The summed E-state index contributed by atoms with van der Waals surface area (Å²) in [6.07, 6.45) is 1.10. The molecule has 2 aromatic rings. The zero-order chi connectivity index (χ0) is 16.9. The molecule has 1 aliphatic rings. The zero-order valence-corrected chi connectivity index (χ0v) is 14.9. The van der Waals surface area contributed by atoms with Gasteiger partial charge in [0.05, 0.1) is 0 Å². The molecule has 124 valence electrons. The number of hydrogen-bond donors (Lipinski definition) is 1. The van der Waals surface area contributed by atoms with E-state index >= 15 is 0 Å². The molecular weight excluding hydrogens is 368 g/mol. The summed E-state index contributed by atoms with van der Waals surface area (Å²) >= 11 is 3.35. The standard InChI is InChI=1S/C19H19BrN2O2/c20-17-8-3-7-14(11-17)19(24)21-10-4-9-18(23)22-12-15-5-1-2-6-16(15)13-22/h1-3,5-8,11H,4,9-10,12-13H2,(H,21,24). The van der Waals surface area contributed by atoms with Gasteiger partial charge in [-0.2, -0.15) is 0 Å². The molecule has 0 saturated carbocycles. The van der Waals surface area contributed by atoms with E-state index in [4.69, 9.17) is 0 Å². The Hall–Kier alpha value is -2.14. The first-order valence-electron chi connectivity index (χ1n) is 8.02. The molecule has 0 unspecified atom stereocenters. The lowest BCUT2D eigenvalue weighted by atomic mass is 10.1. The lowest BCUT2D eigenvalue weighted by Gasteiger charge is -2.15. The second-order valence-corrected chi connectivity index (χ2v) is 6.80. The first kappa shape index (κ1) is 16.7. The summed E-state index contributed by atoms with van der Waals surface area (Å²) in [6.45, 7) is 1.89. The van der Waals surface area contributed by atoms with Gasteiger partial charge in [-0.25, -0.2) is 0 Å². The van der Waals surface area contributed by atoms with Gasteiger partial charge in [0.15, 0.2) is 0 Å². The van der Waals surface area contributed by atoms with Gasteiger partial charge < -0.3 is 10.2 Å². The molecule has 0 aliphatic carbocycles. The first-order chi connectivity index (χ1) is 11.6. The van der Waals surface area contributed by atoms with E-state index in [-0.39, 0.29) is 11.8 Å². The normalized spacial score (nSPS) is 12.8. The minimum absolute atomic E-state index is 0.114. The van der Waals surface area contributed by atoms with Crippen molar-refractivity contribution in [1.82, 2.24) is 10.2 Å². The summed E-state index contributed by atoms with van der Waals surface area (Å²) in [7, 11) is 0. The molecule has 4 nitrogen and oxygen atoms in total. The lowest BCUT2D eigenvalue weighted by molar-refractivity contribution is -0.131. The number of carbonyl (C=O) groups excluding carboxylic acids is 2. The van der Waals surface area contributed by atoms with Crippen molar-refractivity contribution in [3.05, 3.63) is 69.7 Å². The van der Waals surface area contributed by atoms with Crippen LogP contribution in [0.2, 0.25) is 0 Å².